The van der Waals surface area contributed by atoms with Gasteiger partial charge in [-0.25, -0.2) is 0 Å². The molecule has 1 aromatic rings. The highest BCUT2D eigenvalue weighted by molar-refractivity contribution is 5.78. The van der Waals surface area contributed by atoms with Crippen molar-refractivity contribution in [1.82, 2.24) is 10.6 Å². The Labute approximate surface area is 100 Å². The van der Waals surface area contributed by atoms with Crippen LogP contribution in [0.3, 0.4) is 0 Å². The van der Waals surface area contributed by atoms with Gasteiger partial charge >= 0.3 is 0 Å². The molecular weight excluding hydrogens is 218 g/mol. The monoisotopic (exact) mass is 233 g/mol. The maximum atomic E-state index is 11.1. The summed E-state index contributed by atoms with van der Waals surface area (Å²) >= 11 is 0. The van der Waals surface area contributed by atoms with Gasteiger partial charge in [0, 0.05) is 6.54 Å². The van der Waals surface area contributed by atoms with E-state index in [-0.39, 0.29) is 19.0 Å². The van der Waals surface area contributed by atoms with Crippen LogP contribution < -0.4 is 15.4 Å². The lowest BCUT2D eigenvalue weighted by molar-refractivity contribution is -0.120. The summed E-state index contributed by atoms with van der Waals surface area (Å²) in [5, 5.41) is 13.7. The summed E-state index contributed by atoms with van der Waals surface area (Å²) in [6, 6.07) is 9.44. The van der Waals surface area contributed by atoms with E-state index in [0.29, 0.717) is 6.54 Å². The first kappa shape index (κ1) is 13.0. The van der Waals surface area contributed by atoms with E-state index in [9.17, 15) is 4.79 Å². The normalized spacial score (nSPS) is 9.41. The maximum Gasteiger partial charge on any atom is 0.234 e. The Bertz CT molecular complexity index is 395. The van der Waals surface area contributed by atoms with Crippen LogP contribution in [-0.2, 0) is 11.3 Å². The van der Waals surface area contributed by atoms with Crippen molar-refractivity contribution in [2.45, 2.75) is 6.54 Å². The quantitative estimate of drug-likeness (QED) is 0.698. The van der Waals surface area contributed by atoms with Crippen molar-refractivity contribution < 1.29 is 9.53 Å². The zero-order chi connectivity index (χ0) is 12.5. The van der Waals surface area contributed by atoms with Crippen LogP contribution in [0.2, 0.25) is 0 Å². The minimum absolute atomic E-state index is 0.0447. The van der Waals surface area contributed by atoms with Crippen molar-refractivity contribution in [2.24, 2.45) is 0 Å². The fraction of sp³-hybridized carbons (Fsp3) is 0.333. The van der Waals surface area contributed by atoms with Crippen LogP contribution in [0.1, 0.15) is 5.56 Å². The smallest absolute Gasteiger partial charge is 0.234 e. The molecule has 0 fully saturated rings. The summed E-state index contributed by atoms with van der Waals surface area (Å²) in [6.45, 7) is 0.848. The number of nitrogens with zero attached hydrogens (tertiary/aromatic N) is 1. The minimum atomic E-state index is -0.180. The van der Waals surface area contributed by atoms with E-state index < -0.39 is 0 Å². The maximum absolute atomic E-state index is 11.1. The fourth-order valence-electron chi connectivity index (χ4n) is 1.26. The number of methoxy groups -OCH3 is 1. The third-order valence-electron chi connectivity index (χ3n) is 2.14. The number of carbonyl (C=O) groups excluding carboxylic acids is 1. The molecule has 90 valence electrons. The third-order valence-corrected chi connectivity index (χ3v) is 2.14. The SMILES string of the molecule is COc1ccc(CNCC(=O)NCC#N)cc1. The Balaban J connectivity index is 2.26. The Morgan fingerprint density at radius 2 is 2.12 bits per heavy atom. The molecular formula is C12H15N3O2. The van der Waals surface area contributed by atoms with Gasteiger partial charge in [-0.05, 0) is 17.7 Å². The van der Waals surface area contributed by atoms with Crippen molar-refractivity contribution in [1.29, 1.82) is 5.26 Å². The number of rotatable bonds is 6. The van der Waals surface area contributed by atoms with E-state index in [1.54, 1.807) is 7.11 Å². The molecule has 5 heteroatoms. The average molecular weight is 233 g/mol. The number of benzene rings is 1. The molecule has 0 unspecified atom stereocenters. The number of amides is 1. The van der Waals surface area contributed by atoms with Gasteiger partial charge in [-0.3, -0.25) is 4.79 Å². The van der Waals surface area contributed by atoms with E-state index in [0.717, 1.165) is 11.3 Å². The first-order valence-electron chi connectivity index (χ1n) is 5.23. The van der Waals surface area contributed by atoms with Crippen LogP contribution >= 0.6 is 0 Å². The zero-order valence-corrected chi connectivity index (χ0v) is 9.69. The first-order chi connectivity index (χ1) is 8.26. The lowest BCUT2D eigenvalue weighted by Crippen LogP contribution is -2.33. The molecule has 0 radical (unpaired) electrons. The number of hydrogen-bond acceptors (Lipinski definition) is 4. The highest BCUT2D eigenvalue weighted by atomic mass is 16.5. The van der Waals surface area contributed by atoms with Gasteiger partial charge < -0.3 is 15.4 Å². The second kappa shape index (κ2) is 7.25. The molecule has 0 saturated heterocycles. The van der Waals surface area contributed by atoms with Crippen LogP contribution in [0.15, 0.2) is 24.3 Å². The van der Waals surface area contributed by atoms with Crippen LogP contribution in [0.4, 0.5) is 0 Å². The van der Waals surface area contributed by atoms with Gasteiger partial charge in [0.25, 0.3) is 0 Å². The number of ether oxygens (including phenoxy) is 1. The lowest BCUT2D eigenvalue weighted by atomic mass is 10.2. The van der Waals surface area contributed by atoms with Gasteiger partial charge in [0.2, 0.25) is 5.91 Å². The van der Waals surface area contributed by atoms with Gasteiger partial charge in [0.15, 0.2) is 0 Å². The van der Waals surface area contributed by atoms with Crippen molar-refractivity contribution in [3.63, 3.8) is 0 Å². The topological polar surface area (TPSA) is 74.2 Å². The fourth-order valence-corrected chi connectivity index (χ4v) is 1.26. The minimum Gasteiger partial charge on any atom is -0.497 e. The second-order valence-corrected chi connectivity index (χ2v) is 3.39. The van der Waals surface area contributed by atoms with Gasteiger partial charge in [-0.15, -0.1) is 0 Å². The summed E-state index contributed by atoms with van der Waals surface area (Å²) in [5.41, 5.74) is 1.07. The number of carbonyl (C=O) groups is 1. The molecule has 0 aromatic heterocycles. The molecule has 0 heterocycles. The molecule has 17 heavy (non-hydrogen) atoms. The molecule has 0 atom stereocenters. The summed E-state index contributed by atoms with van der Waals surface area (Å²) in [7, 11) is 1.62. The van der Waals surface area contributed by atoms with Gasteiger partial charge in [-0.2, -0.15) is 5.26 Å². The number of nitrogens with one attached hydrogen (secondary N) is 2. The second-order valence-electron chi connectivity index (χ2n) is 3.39. The van der Waals surface area contributed by atoms with Gasteiger partial charge in [0.1, 0.15) is 12.3 Å². The Kier molecular flexibility index (Phi) is 5.55. The lowest BCUT2D eigenvalue weighted by Gasteiger charge is -2.05. The molecule has 0 saturated carbocycles. The number of hydrogen-bond donors (Lipinski definition) is 2. The average Bonchev–Trinajstić information content (AvgIpc) is 2.37. The molecule has 0 bridgehead atoms. The van der Waals surface area contributed by atoms with E-state index >= 15 is 0 Å². The molecule has 2 N–H and O–H groups in total. The standard InChI is InChI=1S/C12H15N3O2/c1-17-11-4-2-10(3-5-11)8-14-9-12(16)15-7-6-13/h2-5,14H,7-9H2,1H3,(H,15,16). The molecule has 0 aliphatic carbocycles. The molecule has 0 aliphatic heterocycles. The van der Waals surface area contributed by atoms with E-state index in [1.165, 1.54) is 0 Å². The van der Waals surface area contributed by atoms with Crippen LogP contribution in [0.5, 0.6) is 5.75 Å². The predicted octanol–water partition coefficient (Wildman–Crippen LogP) is 0.425. The zero-order valence-electron chi connectivity index (χ0n) is 9.69. The summed E-state index contributed by atoms with van der Waals surface area (Å²) < 4.78 is 5.04. The Morgan fingerprint density at radius 3 is 2.71 bits per heavy atom. The predicted molar refractivity (Wildman–Crippen MR) is 63.3 cm³/mol. The molecule has 1 aromatic carbocycles. The molecule has 1 rings (SSSR count). The number of nitriles is 1. The summed E-state index contributed by atoms with van der Waals surface area (Å²) in [5.74, 6) is 0.626. The Hall–Kier alpha value is -2.06. The van der Waals surface area contributed by atoms with Crippen molar-refractivity contribution in [2.75, 3.05) is 20.2 Å². The molecule has 0 spiro atoms. The molecule has 5 nitrogen and oxygen atoms in total. The molecule has 0 aliphatic rings. The van der Waals surface area contributed by atoms with Crippen molar-refractivity contribution in [3.05, 3.63) is 29.8 Å². The largest absolute Gasteiger partial charge is 0.497 e. The van der Waals surface area contributed by atoms with Gasteiger partial charge in [-0.1, -0.05) is 12.1 Å². The highest BCUT2D eigenvalue weighted by Crippen LogP contribution is 2.10. The molecule has 1 amide bonds. The summed E-state index contributed by atoms with van der Waals surface area (Å²) in [4.78, 5) is 11.1. The van der Waals surface area contributed by atoms with E-state index in [4.69, 9.17) is 10.00 Å². The van der Waals surface area contributed by atoms with Gasteiger partial charge in [0.05, 0.1) is 19.7 Å². The van der Waals surface area contributed by atoms with E-state index in [2.05, 4.69) is 10.6 Å². The van der Waals surface area contributed by atoms with Crippen molar-refractivity contribution in [3.8, 4) is 11.8 Å². The van der Waals surface area contributed by atoms with Crippen LogP contribution in [0.25, 0.3) is 0 Å². The van der Waals surface area contributed by atoms with E-state index in [1.807, 2.05) is 30.3 Å². The van der Waals surface area contributed by atoms with Crippen LogP contribution in [-0.4, -0.2) is 26.1 Å². The Morgan fingerprint density at radius 1 is 1.41 bits per heavy atom. The first-order valence-corrected chi connectivity index (χ1v) is 5.23. The summed E-state index contributed by atoms with van der Waals surface area (Å²) in [6.07, 6.45) is 0. The highest BCUT2D eigenvalue weighted by Gasteiger charge is 1.99. The third kappa shape index (κ3) is 5.00. The van der Waals surface area contributed by atoms with Crippen LogP contribution in [0, 0.1) is 11.3 Å². The van der Waals surface area contributed by atoms with Crippen molar-refractivity contribution >= 4 is 5.91 Å².